The quantitative estimate of drug-likeness (QED) is 0.434. The van der Waals surface area contributed by atoms with E-state index >= 15 is 0 Å². The minimum atomic E-state index is -4.56. The van der Waals surface area contributed by atoms with E-state index in [9.17, 15) is 18.0 Å². The Balaban J connectivity index is 1.39. The molecule has 0 atom stereocenters. The number of hydrogen-bond donors (Lipinski definition) is 1. The Morgan fingerprint density at radius 3 is 2.66 bits per heavy atom. The lowest BCUT2D eigenvalue weighted by Crippen LogP contribution is -2.58. The molecule has 0 bridgehead atoms. The van der Waals surface area contributed by atoms with Crippen LogP contribution in [0.3, 0.4) is 0 Å². The zero-order chi connectivity index (χ0) is 27.4. The predicted octanol–water partition coefficient (Wildman–Crippen LogP) is 5.34. The summed E-state index contributed by atoms with van der Waals surface area (Å²) in [6.45, 7) is 6.62. The number of halogens is 4. The molecule has 2 N–H and O–H groups in total. The van der Waals surface area contributed by atoms with Gasteiger partial charge in [-0.05, 0) is 74.1 Å². The average Bonchev–Trinajstić information content (AvgIpc) is 3.35. The zero-order valence-corrected chi connectivity index (χ0v) is 22.6. The lowest BCUT2D eigenvalue weighted by molar-refractivity contribution is -0.138. The second-order valence-electron chi connectivity index (χ2n) is 10.1. The Bertz CT molecular complexity index is 1500. The first-order valence-corrected chi connectivity index (χ1v) is 13.1. The first-order chi connectivity index (χ1) is 17.8. The third-order valence-electron chi connectivity index (χ3n) is 6.99. The predicted molar refractivity (Wildman–Crippen MR) is 146 cm³/mol. The van der Waals surface area contributed by atoms with Crippen molar-refractivity contribution in [2.75, 3.05) is 32.4 Å². The highest BCUT2D eigenvalue weighted by Crippen LogP contribution is 2.36. The number of amidine groups is 1. The first kappa shape index (κ1) is 26.6. The Labute approximate surface area is 227 Å². The third kappa shape index (κ3) is 5.14. The van der Waals surface area contributed by atoms with Gasteiger partial charge in [0.25, 0.3) is 5.91 Å². The molecule has 2 aromatic carbocycles. The molecule has 0 saturated carbocycles. The van der Waals surface area contributed by atoms with Gasteiger partial charge in [0.1, 0.15) is 0 Å². The molecule has 7 nitrogen and oxygen atoms in total. The summed E-state index contributed by atoms with van der Waals surface area (Å²) in [5.74, 6) is -0.113. The first-order valence-electron chi connectivity index (χ1n) is 11.9. The highest BCUT2D eigenvalue weighted by Gasteiger charge is 2.36. The monoisotopic (exact) mass is 562 g/mol. The Morgan fingerprint density at radius 1 is 1.18 bits per heavy atom. The van der Waals surface area contributed by atoms with Crippen molar-refractivity contribution < 1.29 is 18.0 Å². The minimum Gasteiger partial charge on any atom is -0.382 e. The number of thioether (sulfide) groups is 1. The molecule has 0 unspecified atom stereocenters. The maximum absolute atomic E-state index is 13.6. The number of carbonyl (C=O) groups excluding carboxylic acids is 1. The number of aromatic nitrogens is 2. The fourth-order valence-electron chi connectivity index (χ4n) is 4.63. The van der Waals surface area contributed by atoms with Gasteiger partial charge in [-0.2, -0.15) is 23.3 Å². The van der Waals surface area contributed by atoms with Gasteiger partial charge in [0.15, 0.2) is 11.0 Å². The van der Waals surface area contributed by atoms with Crippen LogP contribution in [0.15, 0.2) is 46.3 Å². The van der Waals surface area contributed by atoms with Crippen LogP contribution >= 0.6 is 23.4 Å². The summed E-state index contributed by atoms with van der Waals surface area (Å²) in [5.41, 5.74) is 6.62. The largest absolute Gasteiger partial charge is 0.416 e. The van der Waals surface area contributed by atoms with E-state index < -0.39 is 11.7 Å². The molecule has 38 heavy (non-hydrogen) atoms. The van der Waals surface area contributed by atoms with Crippen LogP contribution in [0.5, 0.6) is 0 Å². The molecule has 5 rings (SSSR count). The Morgan fingerprint density at radius 2 is 1.95 bits per heavy atom. The van der Waals surface area contributed by atoms with E-state index in [4.69, 9.17) is 17.3 Å². The zero-order valence-electron chi connectivity index (χ0n) is 21.0. The number of benzene rings is 2. The molecule has 2 aliphatic heterocycles. The number of alkyl halides is 3. The van der Waals surface area contributed by atoms with E-state index in [1.165, 1.54) is 28.6 Å². The molecule has 1 fully saturated rings. The summed E-state index contributed by atoms with van der Waals surface area (Å²) in [5, 5.41) is 5.56. The van der Waals surface area contributed by atoms with E-state index in [2.05, 4.69) is 40.8 Å². The van der Waals surface area contributed by atoms with Gasteiger partial charge in [-0.25, -0.2) is 0 Å². The van der Waals surface area contributed by atoms with E-state index in [0.29, 0.717) is 21.0 Å². The molecule has 0 radical (unpaired) electrons. The molecule has 0 aliphatic carbocycles. The van der Waals surface area contributed by atoms with Crippen LogP contribution < -0.4 is 5.73 Å². The summed E-state index contributed by atoms with van der Waals surface area (Å²) in [6.07, 6.45) is -2.80. The van der Waals surface area contributed by atoms with Crippen molar-refractivity contribution in [1.29, 1.82) is 0 Å². The van der Waals surface area contributed by atoms with Crippen LogP contribution in [0.25, 0.3) is 17.0 Å². The number of fused-ring (bicyclic) bond motifs is 1. The normalized spacial score (nSPS) is 19.6. The number of nitrogen functional groups attached to an aromatic ring is 1. The van der Waals surface area contributed by atoms with Crippen LogP contribution in [-0.4, -0.2) is 62.9 Å². The van der Waals surface area contributed by atoms with Crippen LogP contribution in [0.4, 0.5) is 19.0 Å². The van der Waals surface area contributed by atoms with Crippen molar-refractivity contribution in [3.63, 3.8) is 0 Å². The highest BCUT2D eigenvalue weighted by molar-refractivity contribution is 8.18. The number of aliphatic imine (C=N–C) groups is 1. The number of nitrogens with two attached hydrogens (primary N) is 1. The average molecular weight is 563 g/mol. The van der Waals surface area contributed by atoms with Gasteiger partial charge in [0, 0.05) is 35.6 Å². The molecule has 1 aromatic heterocycles. The molecule has 3 aromatic rings. The van der Waals surface area contributed by atoms with E-state index in [0.717, 1.165) is 31.3 Å². The second kappa shape index (κ2) is 9.62. The van der Waals surface area contributed by atoms with Gasteiger partial charge < -0.3 is 10.6 Å². The summed E-state index contributed by atoms with van der Waals surface area (Å²) in [4.78, 5) is 21.9. The molecule has 12 heteroatoms. The lowest BCUT2D eigenvalue weighted by Gasteiger charge is -2.45. The van der Waals surface area contributed by atoms with Crippen molar-refractivity contribution in [3.05, 3.63) is 63.0 Å². The van der Waals surface area contributed by atoms with Gasteiger partial charge in [-0.3, -0.25) is 14.4 Å². The van der Waals surface area contributed by atoms with Crippen molar-refractivity contribution in [3.8, 4) is 0 Å². The topological polar surface area (TPSA) is 79.8 Å². The molecule has 200 valence electrons. The summed E-state index contributed by atoms with van der Waals surface area (Å²) in [7, 11) is 2.09. The minimum absolute atomic E-state index is 0.00592. The highest BCUT2D eigenvalue weighted by atomic mass is 35.5. The number of amides is 1. The van der Waals surface area contributed by atoms with E-state index in [1.807, 2.05) is 0 Å². The van der Waals surface area contributed by atoms with Crippen molar-refractivity contribution in [1.82, 2.24) is 19.6 Å². The summed E-state index contributed by atoms with van der Waals surface area (Å²) < 4.78 is 42.1. The van der Waals surface area contributed by atoms with E-state index in [-0.39, 0.29) is 34.4 Å². The number of anilines is 1. The van der Waals surface area contributed by atoms with Crippen molar-refractivity contribution in [2.45, 2.75) is 32.1 Å². The maximum atomic E-state index is 13.6. The van der Waals surface area contributed by atoms with Crippen LogP contribution in [0, 0.1) is 0 Å². The third-order valence-corrected chi connectivity index (χ3v) is 8.27. The summed E-state index contributed by atoms with van der Waals surface area (Å²) >= 11 is 7.15. The lowest BCUT2D eigenvalue weighted by atomic mass is 10.0. The molecular formula is C26H26ClF3N6OS. The Kier molecular flexibility index (Phi) is 6.73. The number of carbonyl (C=O) groups is 1. The SMILES string of the molecule is CN1CCN(C2=NC(=O)/C(=C/c3ccc4c(c3)c(N)nn4Cc3ccc(Cl)cc3C(F)(F)F)S2)CC1(C)C. The van der Waals surface area contributed by atoms with Gasteiger partial charge in [0.05, 0.1) is 22.5 Å². The van der Waals surface area contributed by atoms with Crippen LogP contribution in [0.1, 0.15) is 30.5 Å². The molecule has 1 saturated heterocycles. The van der Waals surface area contributed by atoms with E-state index in [1.54, 1.807) is 24.3 Å². The van der Waals surface area contributed by atoms with Gasteiger partial charge in [-0.15, -0.1) is 0 Å². The van der Waals surface area contributed by atoms with Crippen molar-refractivity contribution in [2.24, 2.45) is 4.99 Å². The van der Waals surface area contributed by atoms with Crippen molar-refractivity contribution >= 4 is 57.2 Å². The molecule has 1 amide bonds. The van der Waals surface area contributed by atoms with Gasteiger partial charge >= 0.3 is 6.18 Å². The second-order valence-corrected chi connectivity index (χ2v) is 11.5. The number of likely N-dealkylation sites (N-methyl/N-ethyl adjacent to an activating group) is 1. The molecule has 3 heterocycles. The molecule has 0 spiro atoms. The van der Waals surface area contributed by atoms with Gasteiger partial charge in [-0.1, -0.05) is 23.7 Å². The molecular weight excluding hydrogens is 537 g/mol. The number of piperazine rings is 1. The standard InChI is InChI=1S/C26H26ClF3N6OS/c1-25(2)14-35(9-8-34(25)3)24-32-23(37)21(38-24)11-15-4-7-20-18(10-15)22(31)33-36(20)13-16-5-6-17(27)12-19(16)26(28,29)30/h4-7,10-12H,8-9,13-14H2,1-3H3,(H2,31,33)/b21-11-. The number of hydrogen-bond acceptors (Lipinski definition) is 6. The number of nitrogens with zero attached hydrogens (tertiary/aromatic N) is 5. The number of rotatable bonds is 3. The fraction of sp³-hybridized carbons (Fsp3) is 0.346. The van der Waals surface area contributed by atoms with Gasteiger partial charge in [0.2, 0.25) is 0 Å². The Hall–Kier alpha value is -3.02. The smallest absolute Gasteiger partial charge is 0.382 e. The summed E-state index contributed by atoms with van der Waals surface area (Å²) in [6, 6.07) is 8.97. The van der Waals surface area contributed by atoms with Crippen LogP contribution in [0.2, 0.25) is 5.02 Å². The fourth-order valence-corrected chi connectivity index (χ4v) is 5.74. The maximum Gasteiger partial charge on any atom is 0.416 e. The van der Waals surface area contributed by atoms with Crippen LogP contribution in [-0.2, 0) is 17.5 Å². The molecule has 2 aliphatic rings.